The van der Waals surface area contributed by atoms with Gasteiger partial charge < -0.3 is 10.1 Å². The Morgan fingerprint density at radius 1 is 1.43 bits per heavy atom. The minimum absolute atomic E-state index is 0.200. The maximum absolute atomic E-state index is 12.1. The van der Waals surface area contributed by atoms with Crippen molar-refractivity contribution in [3.8, 4) is 5.75 Å². The summed E-state index contributed by atoms with van der Waals surface area (Å²) in [6.45, 7) is 0.617. The lowest BCUT2D eigenvalue weighted by atomic mass is 10.2. The maximum Gasteiger partial charge on any atom is 0.266 e. The first-order valence-corrected chi connectivity index (χ1v) is 7.05. The van der Waals surface area contributed by atoms with Gasteiger partial charge in [0.1, 0.15) is 5.75 Å². The lowest BCUT2D eigenvalue weighted by molar-refractivity contribution is 0.0950. The second-order valence-electron chi connectivity index (χ2n) is 4.19. The third-order valence-corrected chi connectivity index (χ3v) is 3.50. The van der Waals surface area contributed by atoms with Crippen molar-refractivity contribution < 1.29 is 9.53 Å². The Labute approximate surface area is 129 Å². The van der Waals surface area contributed by atoms with E-state index < -0.39 is 0 Å². The highest BCUT2D eigenvalue weighted by Crippen LogP contribution is 2.22. The van der Waals surface area contributed by atoms with Crippen molar-refractivity contribution >= 4 is 21.8 Å². The first kappa shape index (κ1) is 15.2. The number of ether oxygens (including phenoxy) is 1. The van der Waals surface area contributed by atoms with Gasteiger partial charge in [0.2, 0.25) is 0 Å². The zero-order valence-electron chi connectivity index (χ0n) is 11.4. The number of nitrogens with one attached hydrogen (secondary N) is 1. The van der Waals surface area contributed by atoms with Gasteiger partial charge in [-0.1, -0.05) is 0 Å². The minimum atomic E-state index is -0.246. The van der Waals surface area contributed by atoms with Crippen molar-refractivity contribution in [3.63, 3.8) is 0 Å². The van der Waals surface area contributed by atoms with Crippen molar-refractivity contribution in [2.24, 2.45) is 0 Å². The van der Waals surface area contributed by atoms with Crippen molar-refractivity contribution in [2.75, 3.05) is 13.7 Å². The molecule has 0 atom stereocenters. The van der Waals surface area contributed by atoms with Gasteiger partial charge in [-0.05, 0) is 40.2 Å². The largest absolute Gasteiger partial charge is 0.497 e. The number of methoxy groups -OCH3 is 1. The van der Waals surface area contributed by atoms with E-state index >= 15 is 0 Å². The Morgan fingerprint density at radius 3 is 2.95 bits per heavy atom. The molecule has 0 aliphatic carbocycles. The molecular weight excluding hydrogens is 338 g/mol. The SMILES string of the molecule is COc1ccc(Br)c(C(=O)NCCn2ncccc2=O)c1. The van der Waals surface area contributed by atoms with E-state index in [4.69, 9.17) is 4.74 Å². The Hall–Kier alpha value is -2.15. The molecule has 1 heterocycles. The second kappa shape index (κ2) is 7.03. The second-order valence-corrected chi connectivity index (χ2v) is 5.04. The van der Waals surface area contributed by atoms with Gasteiger partial charge in [-0.15, -0.1) is 0 Å². The number of hydrogen-bond acceptors (Lipinski definition) is 4. The number of nitrogens with zero attached hydrogens (tertiary/aromatic N) is 2. The highest BCUT2D eigenvalue weighted by Gasteiger charge is 2.11. The summed E-state index contributed by atoms with van der Waals surface area (Å²) in [5.74, 6) is 0.356. The summed E-state index contributed by atoms with van der Waals surface area (Å²) >= 11 is 3.32. The highest BCUT2D eigenvalue weighted by molar-refractivity contribution is 9.10. The molecule has 110 valence electrons. The molecule has 1 aromatic heterocycles. The van der Waals surface area contributed by atoms with Gasteiger partial charge in [0, 0.05) is 23.3 Å². The molecular formula is C14H14BrN3O3. The van der Waals surface area contributed by atoms with E-state index in [1.165, 1.54) is 16.9 Å². The van der Waals surface area contributed by atoms with Crippen LogP contribution < -0.4 is 15.6 Å². The van der Waals surface area contributed by atoms with Crippen LogP contribution in [0.5, 0.6) is 5.75 Å². The number of halogens is 1. The number of hydrogen-bond donors (Lipinski definition) is 1. The Bertz CT molecular complexity index is 700. The average molecular weight is 352 g/mol. The molecule has 0 radical (unpaired) electrons. The van der Waals surface area contributed by atoms with Crippen LogP contribution in [0.1, 0.15) is 10.4 Å². The predicted octanol–water partition coefficient (Wildman–Crippen LogP) is 1.44. The summed E-state index contributed by atoms with van der Waals surface area (Å²) < 4.78 is 7.06. The van der Waals surface area contributed by atoms with Gasteiger partial charge in [-0.2, -0.15) is 5.10 Å². The molecule has 1 amide bonds. The number of aromatic nitrogens is 2. The van der Waals surface area contributed by atoms with Gasteiger partial charge >= 0.3 is 0 Å². The van der Waals surface area contributed by atoms with Gasteiger partial charge in [0.25, 0.3) is 11.5 Å². The molecule has 1 aromatic carbocycles. The molecule has 21 heavy (non-hydrogen) atoms. The van der Waals surface area contributed by atoms with Crippen LogP contribution in [0.4, 0.5) is 0 Å². The molecule has 0 fully saturated rings. The first-order valence-electron chi connectivity index (χ1n) is 6.25. The average Bonchev–Trinajstić information content (AvgIpc) is 2.49. The van der Waals surface area contributed by atoms with Crippen LogP contribution in [0.3, 0.4) is 0 Å². The zero-order chi connectivity index (χ0) is 15.2. The van der Waals surface area contributed by atoms with Crippen molar-refractivity contribution in [1.29, 1.82) is 0 Å². The first-order chi connectivity index (χ1) is 10.1. The van der Waals surface area contributed by atoms with Crippen LogP contribution in [0.25, 0.3) is 0 Å². The fourth-order valence-electron chi connectivity index (χ4n) is 1.73. The normalized spacial score (nSPS) is 10.2. The molecule has 2 aromatic rings. The molecule has 6 nitrogen and oxygen atoms in total. The van der Waals surface area contributed by atoms with Crippen LogP contribution in [-0.2, 0) is 6.54 Å². The van der Waals surface area contributed by atoms with Gasteiger partial charge in [-0.25, -0.2) is 4.68 Å². The number of amides is 1. The van der Waals surface area contributed by atoms with E-state index in [0.717, 1.165) is 0 Å². The van der Waals surface area contributed by atoms with E-state index in [1.807, 2.05) is 0 Å². The Balaban J connectivity index is 1.99. The standard InChI is InChI=1S/C14H14BrN3O3/c1-21-10-4-5-12(15)11(9-10)14(20)16-7-8-18-13(19)3-2-6-17-18/h2-6,9H,7-8H2,1H3,(H,16,20). The Morgan fingerprint density at radius 2 is 2.24 bits per heavy atom. The Kier molecular flexibility index (Phi) is 5.10. The van der Waals surface area contributed by atoms with Gasteiger partial charge in [0.15, 0.2) is 0 Å². The zero-order valence-corrected chi connectivity index (χ0v) is 13.0. The molecule has 0 spiro atoms. The lowest BCUT2D eigenvalue weighted by Crippen LogP contribution is -2.31. The molecule has 0 aliphatic rings. The molecule has 0 unspecified atom stereocenters. The molecule has 0 saturated carbocycles. The monoisotopic (exact) mass is 351 g/mol. The molecule has 1 N–H and O–H groups in total. The fraction of sp³-hybridized carbons (Fsp3) is 0.214. The number of carbonyl (C=O) groups is 1. The quantitative estimate of drug-likeness (QED) is 0.884. The van der Waals surface area contributed by atoms with E-state index in [-0.39, 0.29) is 11.5 Å². The molecule has 0 saturated heterocycles. The van der Waals surface area contributed by atoms with Crippen LogP contribution in [0.2, 0.25) is 0 Å². The van der Waals surface area contributed by atoms with Crippen LogP contribution in [-0.4, -0.2) is 29.3 Å². The van der Waals surface area contributed by atoms with Crippen molar-refractivity contribution in [2.45, 2.75) is 6.54 Å². The van der Waals surface area contributed by atoms with Crippen molar-refractivity contribution in [3.05, 3.63) is 56.9 Å². The van der Waals surface area contributed by atoms with E-state index in [9.17, 15) is 9.59 Å². The third-order valence-electron chi connectivity index (χ3n) is 2.81. The summed E-state index contributed by atoms with van der Waals surface area (Å²) in [5, 5.41) is 6.66. The summed E-state index contributed by atoms with van der Waals surface area (Å²) in [4.78, 5) is 23.6. The molecule has 7 heteroatoms. The maximum atomic E-state index is 12.1. The number of benzene rings is 1. The van der Waals surface area contributed by atoms with E-state index in [1.54, 1.807) is 31.4 Å². The predicted molar refractivity (Wildman–Crippen MR) is 81.5 cm³/mol. The summed E-state index contributed by atoms with van der Waals surface area (Å²) in [6.07, 6.45) is 1.53. The third kappa shape index (κ3) is 3.91. The molecule has 2 rings (SSSR count). The smallest absolute Gasteiger partial charge is 0.266 e. The van der Waals surface area contributed by atoms with E-state index in [0.29, 0.717) is 28.9 Å². The van der Waals surface area contributed by atoms with Crippen molar-refractivity contribution in [1.82, 2.24) is 15.1 Å². The van der Waals surface area contributed by atoms with Gasteiger partial charge in [0.05, 0.1) is 19.2 Å². The number of carbonyl (C=O) groups excluding carboxylic acids is 1. The lowest BCUT2D eigenvalue weighted by Gasteiger charge is -2.09. The van der Waals surface area contributed by atoms with Gasteiger partial charge in [-0.3, -0.25) is 9.59 Å². The van der Waals surface area contributed by atoms with Crippen LogP contribution in [0, 0.1) is 0 Å². The minimum Gasteiger partial charge on any atom is -0.497 e. The molecule has 0 aliphatic heterocycles. The molecule has 0 bridgehead atoms. The van der Waals surface area contributed by atoms with E-state index in [2.05, 4.69) is 26.3 Å². The topological polar surface area (TPSA) is 73.2 Å². The number of rotatable bonds is 5. The summed E-state index contributed by atoms with van der Waals surface area (Å²) in [6, 6.07) is 8.15. The summed E-state index contributed by atoms with van der Waals surface area (Å²) in [5.41, 5.74) is 0.275. The van der Waals surface area contributed by atoms with Crippen LogP contribution >= 0.6 is 15.9 Å². The summed E-state index contributed by atoms with van der Waals surface area (Å²) in [7, 11) is 1.54. The fourth-order valence-corrected chi connectivity index (χ4v) is 2.16. The highest BCUT2D eigenvalue weighted by atomic mass is 79.9. The van der Waals surface area contributed by atoms with Crippen LogP contribution in [0.15, 0.2) is 45.8 Å².